The Hall–Kier alpha value is -0.650. The molecule has 1 atom stereocenters. The lowest BCUT2D eigenvalue weighted by Crippen LogP contribution is -2.48. The van der Waals surface area contributed by atoms with Gasteiger partial charge in [-0.05, 0) is 6.54 Å². The van der Waals surface area contributed by atoms with Crippen LogP contribution in [-0.2, 0) is 9.53 Å². The third-order valence-electron chi connectivity index (χ3n) is 2.75. The maximum atomic E-state index is 10.5. The molecule has 5 heteroatoms. The predicted molar refractivity (Wildman–Crippen MR) is 63.4 cm³/mol. The lowest BCUT2D eigenvalue weighted by molar-refractivity contribution is -0.120. The van der Waals surface area contributed by atoms with E-state index in [1.807, 2.05) is 0 Å². The summed E-state index contributed by atoms with van der Waals surface area (Å²) in [5.41, 5.74) is 0. The van der Waals surface area contributed by atoms with Gasteiger partial charge in [0.15, 0.2) is 0 Å². The molecule has 0 aromatic carbocycles. The summed E-state index contributed by atoms with van der Waals surface area (Å²) in [7, 11) is 1.79. The Bertz CT molecular complexity index is 202. The molecule has 1 fully saturated rings. The van der Waals surface area contributed by atoms with Gasteiger partial charge < -0.3 is 15.0 Å². The van der Waals surface area contributed by atoms with Crippen LogP contribution in [0.25, 0.3) is 0 Å². The number of morpholine rings is 1. The number of ether oxygens (including phenoxy) is 1. The van der Waals surface area contributed by atoms with Crippen LogP contribution in [0.5, 0.6) is 0 Å². The SMILES string of the molecule is CCNCCN1CCOC(CN(C)C=O)C1. The Kier molecular flexibility index (Phi) is 6.37. The molecule has 1 N–H and O–H groups in total. The maximum Gasteiger partial charge on any atom is 0.209 e. The van der Waals surface area contributed by atoms with Crippen LogP contribution in [0.2, 0.25) is 0 Å². The minimum atomic E-state index is 0.158. The Labute approximate surface area is 97.7 Å². The highest BCUT2D eigenvalue weighted by Crippen LogP contribution is 2.05. The Morgan fingerprint density at radius 1 is 1.62 bits per heavy atom. The number of nitrogens with one attached hydrogen (secondary N) is 1. The number of hydrogen-bond donors (Lipinski definition) is 1. The Morgan fingerprint density at radius 3 is 3.12 bits per heavy atom. The van der Waals surface area contributed by atoms with E-state index in [1.54, 1.807) is 11.9 Å². The van der Waals surface area contributed by atoms with Crippen molar-refractivity contribution in [3.05, 3.63) is 0 Å². The number of rotatable bonds is 7. The lowest BCUT2D eigenvalue weighted by Gasteiger charge is -2.34. The van der Waals surface area contributed by atoms with Crippen LogP contribution in [-0.4, -0.2) is 75.2 Å². The molecular formula is C11H23N3O2. The first-order chi connectivity index (χ1) is 7.76. The molecule has 0 aliphatic carbocycles. The lowest BCUT2D eigenvalue weighted by atomic mass is 10.2. The van der Waals surface area contributed by atoms with Gasteiger partial charge in [-0.2, -0.15) is 0 Å². The molecule has 0 radical (unpaired) electrons. The van der Waals surface area contributed by atoms with Gasteiger partial charge in [0.2, 0.25) is 6.41 Å². The molecule has 16 heavy (non-hydrogen) atoms. The molecule has 0 spiro atoms. The standard InChI is InChI=1S/C11H23N3O2/c1-3-12-4-5-14-6-7-16-11(9-14)8-13(2)10-15/h10-12H,3-9H2,1-2H3. The summed E-state index contributed by atoms with van der Waals surface area (Å²) in [6, 6.07) is 0. The van der Waals surface area contributed by atoms with Gasteiger partial charge in [0.1, 0.15) is 0 Å². The van der Waals surface area contributed by atoms with Crippen LogP contribution in [0.4, 0.5) is 0 Å². The molecule has 0 aromatic heterocycles. The van der Waals surface area contributed by atoms with Crippen molar-refractivity contribution in [2.75, 3.05) is 52.9 Å². The van der Waals surface area contributed by atoms with E-state index in [2.05, 4.69) is 17.1 Å². The van der Waals surface area contributed by atoms with E-state index in [0.717, 1.165) is 45.7 Å². The van der Waals surface area contributed by atoms with Crippen molar-refractivity contribution in [1.29, 1.82) is 0 Å². The summed E-state index contributed by atoms with van der Waals surface area (Å²) < 4.78 is 5.62. The highest BCUT2D eigenvalue weighted by atomic mass is 16.5. The average molecular weight is 229 g/mol. The molecule has 1 unspecified atom stereocenters. The molecule has 1 aliphatic heterocycles. The third-order valence-corrected chi connectivity index (χ3v) is 2.75. The van der Waals surface area contributed by atoms with Crippen molar-refractivity contribution in [3.63, 3.8) is 0 Å². The van der Waals surface area contributed by atoms with E-state index in [0.29, 0.717) is 6.54 Å². The second-order valence-electron chi connectivity index (χ2n) is 4.19. The van der Waals surface area contributed by atoms with Crippen LogP contribution in [0.3, 0.4) is 0 Å². The molecule has 1 saturated heterocycles. The number of nitrogens with zero attached hydrogens (tertiary/aromatic N) is 2. The third kappa shape index (κ3) is 4.92. The normalized spacial score (nSPS) is 22.0. The summed E-state index contributed by atoms with van der Waals surface area (Å²) in [6.45, 7) is 8.56. The molecule has 1 rings (SSSR count). The minimum Gasteiger partial charge on any atom is -0.374 e. The molecule has 0 aromatic rings. The first-order valence-electron chi connectivity index (χ1n) is 5.96. The molecular weight excluding hydrogens is 206 g/mol. The smallest absolute Gasteiger partial charge is 0.209 e. The summed E-state index contributed by atoms with van der Waals surface area (Å²) >= 11 is 0. The van der Waals surface area contributed by atoms with E-state index in [-0.39, 0.29) is 6.10 Å². The van der Waals surface area contributed by atoms with Crippen molar-refractivity contribution < 1.29 is 9.53 Å². The number of likely N-dealkylation sites (N-methyl/N-ethyl adjacent to an activating group) is 2. The van der Waals surface area contributed by atoms with E-state index in [4.69, 9.17) is 4.74 Å². The first-order valence-corrected chi connectivity index (χ1v) is 5.96. The fourth-order valence-corrected chi connectivity index (χ4v) is 1.87. The Balaban J connectivity index is 2.21. The number of hydrogen-bond acceptors (Lipinski definition) is 4. The quantitative estimate of drug-likeness (QED) is 0.467. The highest BCUT2D eigenvalue weighted by molar-refractivity contribution is 5.46. The van der Waals surface area contributed by atoms with Crippen LogP contribution in [0.15, 0.2) is 0 Å². The van der Waals surface area contributed by atoms with E-state index >= 15 is 0 Å². The molecule has 5 nitrogen and oxygen atoms in total. The summed E-state index contributed by atoms with van der Waals surface area (Å²) in [6.07, 6.45) is 1.01. The molecule has 1 amide bonds. The fourth-order valence-electron chi connectivity index (χ4n) is 1.87. The van der Waals surface area contributed by atoms with Gasteiger partial charge in [0, 0.05) is 39.8 Å². The fraction of sp³-hybridized carbons (Fsp3) is 0.909. The van der Waals surface area contributed by atoms with E-state index in [1.165, 1.54) is 0 Å². The Morgan fingerprint density at radius 2 is 2.44 bits per heavy atom. The molecule has 0 saturated carbocycles. The molecule has 1 heterocycles. The van der Waals surface area contributed by atoms with Crippen LogP contribution < -0.4 is 5.32 Å². The van der Waals surface area contributed by atoms with E-state index in [9.17, 15) is 4.79 Å². The highest BCUT2D eigenvalue weighted by Gasteiger charge is 2.20. The minimum absolute atomic E-state index is 0.158. The van der Waals surface area contributed by atoms with Gasteiger partial charge in [0.05, 0.1) is 12.7 Å². The van der Waals surface area contributed by atoms with Gasteiger partial charge in [-0.3, -0.25) is 9.69 Å². The largest absolute Gasteiger partial charge is 0.374 e. The predicted octanol–water partition coefficient (Wildman–Crippen LogP) is -0.615. The second kappa shape index (κ2) is 7.60. The number of carbonyl (C=O) groups is 1. The van der Waals surface area contributed by atoms with Crippen LogP contribution in [0.1, 0.15) is 6.92 Å². The van der Waals surface area contributed by atoms with Crippen molar-refractivity contribution in [2.45, 2.75) is 13.0 Å². The van der Waals surface area contributed by atoms with Crippen molar-refractivity contribution >= 4 is 6.41 Å². The molecule has 94 valence electrons. The number of carbonyl (C=O) groups excluding carboxylic acids is 1. The van der Waals surface area contributed by atoms with E-state index < -0.39 is 0 Å². The first kappa shape index (κ1) is 13.4. The van der Waals surface area contributed by atoms with Gasteiger partial charge in [0.25, 0.3) is 0 Å². The van der Waals surface area contributed by atoms with Crippen molar-refractivity contribution in [2.24, 2.45) is 0 Å². The van der Waals surface area contributed by atoms with Gasteiger partial charge in [-0.1, -0.05) is 6.92 Å². The average Bonchev–Trinajstić information content (AvgIpc) is 2.30. The zero-order chi connectivity index (χ0) is 11.8. The summed E-state index contributed by atoms with van der Waals surface area (Å²) in [5, 5.41) is 3.31. The maximum absolute atomic E-state index is 10.5. The second-order valence-corrected chi connectivity index (χ2v) is 4.19. The van der Waals surface area contributed by atoms with Crippen molar-refractivity contribution in [3.8, 4) is 0 Å². The van der Waals surface area contributed by atoms with Crippen LogP contribution >= 0.6 is 0 Å². The van der Waals surface area contributed by atoms with Crippen LogP contribution in [0, 0.1) is 0 Å². The van der Waals surface area contributed by atoms with Gasteiger partial charge >= 0.3 is 0 Å². The topological polar surface area (TPSA) is 44.8 Å². The molecule has 0 bridgehead atoms. The monoisotopic (exact) mass is 229 g/mol. The van der Waals surface area contributed by atoms with Gasteiger partial charge in [-0.15, -0.1) is 0 Å². The zero-order valence-electron chi connectivity index (χ0n) is 10.3. The summed E-state index contributed by atoms with van der Waals surface area (Å²) in [5.74, 6) is 0. The van der Waals surface area contributed by atoms with Gasteiger partial charge in [-0.25, -0.2) is 0 Å². The molecule has 1 aliphatic rings. The summed E-state index contributed by atoms with van der Waals surface area (Å²) in [4.78, 5) is 14.5. The number of amides is 1. The van der Waals surface area contributed by atoms with Crippen molar-refractivity contribution in [1.82, 2.24) is 15.1 Å². The zero-order valence-corrected chi connectivity index (χ0v) is 10.3.